The molecule has 18 heavy (non-hydrogen) atoms. The number of thiophene rings is 1. The molecule has 5 nitrogen and oxygen atoms in total. The second kappa shape index (κ2) is 5.56. The molecule has 1 amide bonds. The van der Waals surface area contributed by atoms with Crippen LogP contribution in [0.4, 0.5) is 0 Å². The summed E-state index contributed by atoms with van der Waals surface area (Å²) in [6.45, 7) is 0.476. The first-order chi connectivity index (χ1) is 8.49. The van der Waals surface area contributed by atoms with Gasteiger partial charge >= 0.3 is 0 Å². The van der Waals surface area contributed by atoms with Gasteiger partial charge in [-0.25, -0.2) is 13.1 Å². The third kappa shape index (κ3) is 3.68. The number of hydrogen-bond acceptors (Lipinski definition) is 4. The molecular weight excluding hydrogens is 296 g/mol. The first-order valence-electron chi connectivity index (χ1n) is 5.52. The van der Waals surface area contributed by atoms with Gasteiger partial charge in [-0.1, -0.05) is 11.6 Å². The molecule has 0 spiro atoms. The summed E-state index contributed by atoms with van der Waals surface area (Å²) in [5.74, 6) is 0.145. The van der Waals surface area contributed by atoms with Crippen LogP contribution in [-0.2, 0) is 14.8 Å². The van der Waals surface area contributed by atoms with Crippen molar-refractivity contribution in [2.75, 3.05) is 13.1 Å². The molecule has 0 saturated heterocycles. The highest BCUT2D eigenvalue weighted by molar-refractivity contribution is 7.91. The van der Waals surface area contributed by atoms with Gasteiger partial charge in [0.15, 0.2) is 0 Å². The average Bonchev–Trinajstić information content (AvgIpc) is 3.07. The van der Waals surface area contributed by atoms with E-state index in [0.29, 0.717) is 10.9 Å². The van der Waals surface area contributed by atoms with E-state index in [1.165, 1.54) is 12.1 Å². The maximum Gasteiger partial charge on any atom is 0.250 e. The van der Waals surface area contributed by atoms with Crippen molar-refractivity contribution in [3.05, 3.63) is 16.5 Å². The van der Waals surface area contributed by atoms with Crippen molar-refractivity contribution in [2.24, 2.45) is 5.92 Å². The summed E-state index contributed by atoms with van der Waals surface area (Å²) in [7, 11) is -3.51. The third-order valence-electron chi connectivity index (χ3n) is 2.48. The van der Waals surface area contributed by atoms with Crippen LogP contribution in [0.2, 0.25) is 4.34 Å². The van der Waals surface area contributed by atoms with Gasteiger partial charge in [0.2, 0.25) is 15.9 Å². The van der Waals surface area contributed by atoms with Gasteiger partial charge in [0.05, 0.1) is 4.34 Å². The maximum absolute atomic E-state index is 11.8. The molecule has 0 aromatic carbocycles. The van der Waals surface area contributed by atoms with E-state index in [9.17, 15) is 13.2 Å². The number of hydrogen-bond donors (Lipinski definition) is 2. The largest absolute Gasteiger partial charge is 0.355 e. The Kier molecular flexibility index (Phi) is 4.26. The fourth-order valence-electron chi connectivity index (χ4n) is 1.37. The zero-order chi connectivity index (χ0) is 13.2. The van der Waals surface area contributed by atoms with Crippen molar-refractivity contribution in [3.8, 4) is 0 Å². The van der Waals surface area contributed by atoms with Gasteiger partial charge in [0.25, 0.3) is 0 Å². The highest BCUT2D eigenvalue weighted by Gasteiger charge is 2.29. The maximum atomic E-state index is 11.8. The monoisotopic (exact) mass is 308 g/mol. The molecule has 1 aromatic heterocycles. The number of carbonyl (C=O) groups excluding carboxylic acids is 1. The number of sulfonamides is 1. The minimum Gasteiger partial charge on any atom is -0.355 e. The lowest BCUT2D eigenvalue weighted by molar-refractivity contribution is -0.122. The number of nitrogens with one attached hydrogen (secondary N) is 2. The Morgan fingerprint density at radius 3 is 2.67 bits per heavy atom. The number of rotatable bonds is 6. The van der Waals surface area contributed by atoms with E-state index in [1.807, 2.05) is 0 Å². The molecular formula is C10H13ClN2O3S2. The zero-order valence-electron chi connectivity index (χ0n) is 9.48. The summed E-state index contributed by atoms with van der Waals surface area (Å²) in [6, 6.07) is 2.99. The predicted molar refractivity (Wildman–Crippen MR) is 70.3 cm³/mol. The number of carbonyl (C=O) groups is 1. The fraction of sp³-hybridized carbons (Fsp3) is 0.500. The van der Waals surface area contributed by atoms with Crippen molar-refractivity contribution in [1.29, 1.82) is 0 Å². The van der Waals surface area contributed by atoms with E-state index < -0.39 is 10.0 Å². The van der Waals surface area contributed by atoms with Crippen LogP contribution in [0.15, 0.2) is 16.3 Å². The second-order valence-corrected chi connectivity index (χ2v) is 7.73. The molecule has 1 aromatic rings. The van der Waals surface area contributed by atoms with Crippen LogP contribution < -0.4 is 10.0 Å². The topological polar surface area (TPSA) is 75.3 Å². The fourth-order valence-corrected chi connectivity index (χ4v) is 3.93. The first-order valence-corrected chi connectivity index (χ1v) is 8.19. The smallest absolute Gasteiger partial charge is 0.250 e. The minimum atomic E-state index is -3.51. The molecule has 0 radical (unpaired) electrons. The van der Waals surface area contributed by atoms with Crippen molar-refractivity contribution in [2.45, 2.75) is 17.1 Å². The molecule has 1 heterocycles. The number of halogens is 1. The third-order valence-corrected chi connectivity index (χ3v) is 5.66. The summed E-state index contributed by atoms with van der Waals surface area (Å²) in [5.41, 5.74) is 0. The van der Waals surface area contributed by atoms with Crippen LogP contribution in [0.5, 0.6) is 0 Å². The normalized spacial score (nSPS) is 15.6. The predicted octanol–water partition coefficient (Wildman–Crippen LogP) is 1.21. The van der Waals surface area contributed by atoms with Gasteiger partial charge in [0, 0.05) is 19.0 Å². The van der Waals surface area contributed by atoms with Crippen LogP contribution in [0.25, 0.3) is 0 Å². The Balaban J connectivity index is 1.76. The van der Waals surface area contributed by atoms with Crippen molar-refractivity contribution in [1.82, 2.24) is 10.0 Å². The Morgan fingerprint density at radius 1 is 1.39 bits per heavy atom. The highest BCUT2D eigenvalue weighted by atomic mass is 35.5. The van der Waals surface area contributed by atoms with Crippen LogP contribution in [-0.4, -0.2) is 27.4 Å². The van der Waals surface area contributed by atoms with E-state index in [0.717, 1.165) is 24.2 Å². The molecule has 100 valence electrons. The van der Waals surface area contributed by atoms with Crippen LogP contribution in [0.3, 0.4) is 0 Å². The quantitative estimate of drug-likeness (QED) is 0.776. The second-order valence-electron chi connectivity index (χ2n) is 4.02. The molecule has 1 aliphatic rings. The minimum absolute atomic E-state index is 0.00775. The average molecular weight is 309 g/mol. The summed E-state index contributed by atoms with van der Waals surface area (Å²) in [6.07, 6.45) is 1.87. The van der Waals surface area contributed by atoms with Crippen LogP contribution in [0, 0.1) is 5.92 Å². The summed E-state index contributed by atoms with van der Waals surface area (Å²) in [4.78, 5) is 11.3. The summed E-state index contributed by atoms with van der Waals surface area (Å²) in [5, 5.41) is 2.69. The first kappa shape index (κ1) is 13.8. The summed E-state index contributed by atoms with van der Waals surface area (Å²) >= 11 is 6.68. The standard InChI is InChI=1S/C10H13ClN2O3S2/c11-8-3-4-9(17-8)18(15,16)13-6-5-12-10(14)7-1-2-7/h3-4,7,13H,1-2,5-6H2,(H,12,14). The van der Waals surface area contributed by atoms with Crippen molar-refractivity contribution in [3.63, 3.8) is 0 Å². The van der Waals surface area contributed by atoms with Gasteiger partial charge in [0.1, 0.15) is 4.21 Å². The molecule has 1 aliphatic carbocycles. The van der Waals surface area contributed by atoms with Crippen LogP contribution in [0.1, 0.15) is 12.8 Å². The van der Waals surface area contributed by atoms with Gasteiger partial charge in [-0.3, -0.25) is 4.79 Å². The molecule has 0 atom stereocenters. The molecule has 2 rings (SSSR count). The van der Waals surface area contributed by atoms with Gasteiger partial charge in [-0.05, 0) is 25.0 Å². The lowest BCUT2D eigenvalue weighted by Crippen LogP contribution is -2.35. The van der Waals surface area contributed by atoms with Gasteiger partial charge in [-0.15, -0.1) is 11.3 Å². The molecule has 1 saturated carbocycles. The van der Waals surface area contributed by atoms with Gasteiger partial charge < -0.3 is 5.32 Å². The summed E-state index contributed by atoms with van der Waals surface area (Å²) < 4.78 is 26.6. The zero-order valence-corrected chi connectivity index (χ0v) is 11.9. The van der Waals surface area contributed by atoms with E-state index in [1.54, 1.807) is 0 Å². The Bertz CT molecular complexity index is 537. The van der Waals surface area contributed by atoms with Crippen LogP contribution >= 0.6 is 22.9 Å². The van der Waals surface area contributed by atoms with Crippen molar-refractivity contribution < 1.29 is 13.2 Å². The molecule has 0 aliphatic heterocycles. The Labute approximate surface area is 115 Å². The highest BCUT2D eigenvalue weighted by Crippen LogP contribution is 2.28. The molecule has 1 fully saturated rings. The van der Waals surface area contributed by atoms with E-state index >= 15 is 0 Å². The van der Waals surface area contributed by atoms with E-state index in [-0.39, 0.29) is 22.6 Å². The number of amides is 1. The Morgan fingerprint density at radius 2 is 2.11 bits per heavy atom. The molecule has 8 heteroatoms. The molecule has 0 unspecified atom stereocenters. The van der Waals surface area contributed by atoms with E-state index in [4.69, 9.17) is 11.6 Å². The molecule has 2 N–H and O–H groups in total. The lowest BCUT2D eigenvalue weighted by atomic mass is 10.4. The Hall–Kier alpha value is -0.630. The molecule has 0 bridgehead atoms. The SMILES string of the molecule is O=C(NCCNS(=O)(=O)c1ccc(Cl)s1)C1CC1. The van der Waals surface area contributed by atoms with E-state index in [2.05, 4.69) is 10.0 Å². The van der Waals surface area contributed by atoms with Crippen molar-refractivity contribution >= 4 is 38.9 Å². The van der Waals surface area contributed by atoms with Gasteiger partial charge in [-0.2, -0.15) is 0 Å². The lowest BCUT2D eigenvalue weighted by Gasteiger charge is -2.06.